The average Bonchev–Trinajstić information content (AvgIpc) is 2.37. The summed E-state index contributed by atoms with van der Waals surface area (Å²) in [5, 5.41) is 9.76. The molecule has 2 heterocycles. The Morgan fingerprint density at radius 2 is 1.94 bits per heavy atom. The molecule has 0 saturated carbocycles. The Morgan fingerprint density at radius 1 is 1.22 bits per heavy atom. The molecule has 1 fully saturated rings. The summed E-state index contributed by atoms with van der Waals surface area (Å²) in [6.07, 6.45) is 3.16. The Labute approximate surface area is 107 Å². The molecule has 0 spiro atoms. The quantitative estimate of drug-likeness (QED) is 0.602. The lowest BCUT2D eigenvalue weighted by Crippen LogP contribution is -2.35. The van der Waals surface area contributed by atoms with Crippen LogP contribution >= 0.6 is 0 Å². The van der Waals surface area contributed by atoms with Crippen molar-refractivity contribution >= 4 is 17.8 Å². The van der Waals surface area contributed by atoms with Crippen LogP contribution in [0.5, 0.6) is 0 Å². The van der Waals surface area contributed by atoms with Gasteiger partial charge in [-0.15, -0.1) is 0 Å². The van der Waals surface area contributed by atoms with Gasteiger partial charge in [-0.05, 0) is 32.4 Å². The molecule has 0 bridgehead atoms. The zero-order valence-electron chi connectivity index (χ0n) is 10.7. The molecule has 100 valence electrons. The second kappa shape index (κ2) is 6.34. The van der Waals surface area contributed by atoms with Crippen molar-refractivity contribution in [2.24, 2.45) is 0 Å². The monoisotopic (exact) mass is 251 g/mol. The molecule has 5 N–H and O–H groups in total. The highest BCUT2D eigenvalue weighted by molar-refractivity contribution is 5.40. The number of hydrogen-bond acceptors (Lipinski definition) is 7. The third-order valence-electron chi connectivity index (χ3n) is 2.86. The number of aromatic nitrogens is 3. The number of nitrogens with two attached hydrogens (primary N) is 1. The van der Waals surface area contributed by atoms with Crippen LogP contribution in [0.25, 0.3) is 0 Å². The summed E-state index contributed by atoms with van der Waals surface area (Å²) in [4.78, 5) is 12.5. The molecule has 1 saturated heterocycles. The highest BCUT2D eigenvalue weighted by atomic mass is 15.2. The summed E-state index contributed by atoms with van der Waals surface area (Å²) >= 11 is 0. The molecular weight excluding hydrogens is 230 g/mol. The summed E-state index contributed by atoms with van der Waals surface area (Å²) in [6.45, 7) is 4.97. The molecule has 0 amide bonds. The summed E-state index contributed by atoms with van der Waals surface area (Å²) in [7, 11) is 0. The number of hydrogen-bond donors (Lipinski definition) is 4. The molecular formula is C11H21N7. The van der Waals surface area contributed by atoms with Gasteiger partial charge in [-0.25, -0.2) is 0 Å². The lowest BCUT2D eigenvalue weighted by Gasteiger charge is -2.23. The third kappa shape index (κ3) is 3.69. The van der Waals surface area contributed by atoms with E-state index in [1.54, 1.807) is 0 Å². The number of piperidine rings is 1. The number of nitrogens with zero attached hydrogens (tertiary/aromatic N) is 3. The van der Waals surface area contributed by atoms with Crippen LogP contribution in [-0.2, 0) is 0 Å². The van der Waals surface area contributed by atoms with Gasteiger partial charge < -0.3 is 21.7 Å². The van der Waals surface area contributed by atoms with Crippen LogP contribution in [0.4, 0.5) is 17.8 Å². The van der Waals surface area contributed by atoms with Crippen LogP contribution in [0, 0.1) is 0 Å². The van der Waals surface area contributed by atoms with E-state index >= 15 is 0 Å². The Hall–Kier alpha value is -1.63. The Kier molecular flexibility index (Phi) is 4.52. The third-order valence-corrected chi connectivity index (χ3v) is 2.86. The fraction of sp³-hybridized carbons (Fsp3) is 0.727. The smallest absolute Gasteiger partial charge is 0.229 e. The van der Waals surface area contributed by atoms with Gasteiger partial charge in [0.25, 0.3) is 0 Å². The van der Waals surface area contributed by atoms with Crippen molar-refractivity contribution in [3.63, 3.8) is 0 Å². The van der Waals surface area contributed by atoms with Crippen LogP contribution in [-0.4, -0.2) is 40.6 Å². The molecule has 7 heteroatoms. The second-order valence-corrected chi connectivity index (χ2v) is 4.44. The first-order valence-electron chi connectivity index (χ1n) is 6.50. The first-order chi connectivity index (χ1) is 8.78. The maximum Gasteiger partial charge on any atom is 0.229 e. The summed E-state index contributed by atoms with van der Waals surface area (Å²) < 4.78 is 0. The van der Waals surface area contributed by atoms with Gasteiger partial charge >= 0.3 is 0 Å². The highest BCUT2D eigenvalue weighted by Crippen LogP contribution is 2.12. The van der Waals surface area contributed by atoms with Gasteiger partial charge in [-0.3, -0.25) is 0 Å². The normalized spacial score (nSPS) is 16.5. The van der Waals surface area contributed by atoms with E-state index in [9.17, 15) is 0 Å². The van der Waals surface area contributed by atoms with Crippen molar-refractivity contribution in [3.05, 3.63) is 0 Å². The minimum absolute atomic E-state index is 0.250. The fourth-order valence-corrected chi connectivity index (χ4v) is 1.92. The van der Waals surface area contributed by atoms with Crippen molar-refractivity contribution in [1.29, 1.82) is 0 Å². The first-order valence-corrected chi connectivity index (χ1v) is 6.50. The Balaban J connectivity index is 1.99. The molecule has 0 radical (unpaired) electrons. The number of nitrogens with one attached hydrogen (secondary N) is 3. The molecule has 1 aromatic heterocycles. The number of anilines is 3. The Morgan fingerprint density at radius 3 is 2.67 bits per heavy atom. The second-order valence-electron chi connectivity index (χ2n) is 4.44. The van der Waals surface area contributed by atoms with E-state index in [-0.39, 0.29) is 5.95 Å². The first kappa shape index (κ1) is 12.8. The van der Waals surface area contributed by atoms with E-state index in [0.717, 1.165) is 38.9 Å². The summed E-state index contributed by atoms with van der Waals surface area (Å²) in [5.74, 6) is 1.36. The van der Waals surface area contributed by atoms with Crippen molar-refractivity contribution in [3.8, 4) is 0 Å². The number of nitrogen functional groups attached to an aromatic ring is 1. The molecule has 18 heavy (non-hydrogen) atoms. The summed E-state index contributed by atoms with van der Waals surface area (Å²) in [5.41, 5.74) is 5.68. The van der Waals surface area contributed by atoms with Gasteiger partial charge in [0.05, 0.1) is 0 Å². The van der Waals surface area contributed by atoms with Gasteiger partial charge in [0.1, 0.15) is 0 Å². The molecule has 1 aliphatic heterocycles. The van der Waals surface area contributed by atoms with Gasteiger partial charge in [-0.1, -0.05) is 6.92 Å². The zero-order valence-corrected chi connectivity index (χ0v) is 10.7. The molecule has 1 aromatic rings. The van der Waals surface area contributed by atoms with Gasteiger partial charge in [-0.2, -0.15) is 15.0 Å². The van der Waals surface area contributed by atoms with Crippen molar-refractivity contribution in [1.82, 2.24) is 20.3 Å². The highest BCUT2D eigenvalue weighted by Gasteiger charge is 2.14. The largest absolute Gasteiger partial charge is 0.368 e. The van der Waals surface area contributed by atoms with E-state index in [2.05, 4.69) is 37.8 Å². The van der Waals surface area contributed by atoms with E-state index in [0.29, 0.717) is 17.9 Å². The molecule has 0 aromatic carbocycles. The summed E-state index contributed by atoms with van der Waals surface area (Å²) in [6, 6.07) is 0.409. The van der Waals surface area contributed by atoms with Crippen molar-refractivity contribution < 1.29 is 0 Å². The van der Waals surface area contributed by atoms with Crippen LogP contribution < -0.4 is 21.7 Å². The van der Waals surface area contributed by atoms with Crippen LogP contribution in [0.15, 0.2) is 0 Å². The van der Waals surface area contributed by atoms with Crippen LogP contribution in [0.2, 0.25) is 0 Å². The van der Waals surface area contributed by atoms with E-state index in [1.807, 2.05) is 0 Å². The molecule has 2 rings (SSSR count). The fourth-order valence-electron chi connectivity index (χ4n) is 1.92. The predicted molar refractivity (Wildman–Crippen MR) is 72.5 cm³/mol. The van der Waals surface area contributed by atoms with Crippen molar-refractivity contribution in [2.45, 2.75) is 32.2 Å². The van der Waals surface area contributed by atoms with Crippen LogP contribution in [0.3, 0.4) is 0 Å². The lowest BCUT2D eigenvalue weighted by atomic mass is 10.1. The van der Waals surface area contributed by atoms with Gasteiger partial charge in [0.2, 0.25) is 17.8 Å². The minimum Gasteiger partial charge on any atom is -0.368 e. The molecule has 1 aliphatic rings. The van der Waals surface area contributed by atoms with Gasteiger partial charge in [0, 0.05) is 12.6 Å². The van der Waals surface area contributed by atoms with E-state index in [1.165, 1.54) is 0 Å². The van der Waals surface area contributed by atoms with E-state index in [4.69, 9.17) is 5.73 Å². The maximum atomic E-state index is 5.68. The number of rotatable bonds is 5. The molecule has 0 atom stereocenters. The standard InChI is InChI=1S/C11H21N7/c1-2-5-14-10-16-9(12)17-11(18-10)15-8-3-6-13-7-4-8/h8,13H,2-7H2,1H3,(H4,12,14,15,16,17,18). The predicted octanol–water partition coefficient (Wildman–Crippen LogP) is 0.440. The zero-order chi connectivity index (χ0) is 12.8. The minimum atomic E-state index is 0.250. The molecule has 7 nitrogen and oxygen atoms in total. The van der Waals surface area contributed by atoms with E-state index < -0.39 is 0 Å². The van der Waals surface area contributed by atoms with Crippen LogP contribution in [0.1, 0.15) is 26.2 Å². The molecule has 0 aliphatic carbocycles. The maximum absolute atomic E-state index is 5.68. The lowest BCUT2D eigenvalue weighted by molar-refractivity contribution is 0.477. The topological polar surface area (TPSA) is 101 Å². The molecule has 0 unspecified atom stereocenters. The van der Waals surface area contributed by atoms with Gasteiger partial charge in [0.15, 0.2) is 0 Å². The average molecular weight is 251 g/mol. The SMILES string of the molecule is CCCNc1nc(N)nc(NC2CCNCC2)n1. The Bertz CT molecular complexity index is 376. The van der Waals surface area contributed by atoms with Crippen molar-refractivity contribution in [2.75, 3.05) is 36.0 Å².